The smallest absolute Gasteiger partial charge is 0.204 e. The maximum atomic E-state index is 11.5. The Morgan fingerprint density at radius 2 is 1.83 bits per heavy atom. The van der Waals surface area contributed by atoms with Crippen molar-refractivity contribution in [3.63, 3.8) is 0 Å². The van der Waals surface area contributed by atoms with E-state index in [-0.39, 0.29) is 24.5 Å². The van der Waals surface area contributed by atoms with Crippen LogP contribution in [0.2, 0.25) is 0 Å². The molecule has 18 heavy (non-hydrogen) atoms. The summed E-state index contributed by atoms with van der Waals surface area (Å²) in [6.07, 6.45) is 3.75. The molecule has 5 nitrogen and oxygen atoms in total. The van der Waals surface area contributed by atoms with Crippen molar-refractivity contribution in [1.82, 2.24) is 9.21 Å². The number of likely N-dealkylation sites (N-methyl/N-ethyl adjacent to an activating group) is 1. The molecule has 2 heterocycles. The zero-order chi connectivity index (χ0) is 12.3. The monoisotopic (exact) mass is 298 g/mol. The van der Waals surface area contributed by atoms with Crippen LogP contribution < -0.4 is 0 Å². The molecule has 2 fully saturated rings. The molecule has 2 aliphatic heterocycles. The van der Waals surface area contributed by atoms with Gasteiger partial charge in [0.1, 0.15) is 0 Å². The average Bonchev–Trinajstić information content (AvgIpc) is 2.30. The number of rotatable bonds is 3. The predicted molar refractivity (Wildman–Crippen MR) is 73.8 cm³/mol. The molecule has 108 valence electrons. The van der Waals surface area contributed by atoms with E-state index in [2.05, 4.69) is 11.9 Å². The van der Waals surface area contributed by atoms with E-state index >= 15 is 0 Å². The minimum Gasteiger partial charge on any atom is -0.381 e. The Labute approximate surface area is 117 Å². The second kappa shape index (κ2) is 7.65. The van der Waals surface area contributed by atoms with Gasteiger partial charge in [0.25, 0.3) is 0 Å². The van der Waals surface area contributed by atoms with Crippen molar-refractivity contribution in [2.24, 2.45) is 0 Å². The van der Waals surface area contributed by atoms with Gasteiger partial charge in [0, 0.05) is 31.8 Å². The number of nitrogens with zero attached hydrogens (tertiary/aromatic N) is 2. The van der Waals surface area contributed by atoms with E-state index in [0.717, 1.165) is 38.8 Å². The van der Waals surface area contributed by atoms with Gasteiger partial charge in [0.2, 0.25) is 10.9 Å². The van der Waals surface area contributed by atoms with Crippen molar-refractivity contribution in [3.05, 3.63) is 0 Å². The lowest BCUT2D eigenvalue weighted by atomic mass is 10.0. The molecule has 0 aliphatic carbocycles. The Morgan fingerprint density at radius 1 is 1.17 bits per heavy atom. The number of hydrogen-bond acceptors (Lipinski definition) is 4. The Morgan fingerprint density at radius 3 is 2.39 bits per heavy atom. The van der Waals surface area contributed by atoms with E-state index in [4.69, 9.17) is 4.74 Å². The first-order valence-corrected chi connectivity index (χ1v) is 7.50. The summed E-state index contributed by atoms with van der Waals surface area (Å²) in [5.74, 6) is 0. The third kappa shape index (κ3) is 4.06. The molecule has 0 bridgehead atoms. The molecule has 0 N–H and O–H groups in total. The first-order chi connectivity index (χ1) is 8.18. The molecule has 7 heteroatoms. The van der Waals surface area contributed by atoms with Crippen LogP contribution in [-0.4, -0.2) is 63.1 Å². The summed E-state index contributed by atoms with van der Waals surface area (Å²) in [5.41, 5.74) is 0. The molecule has 0 saturated carbocycles. The van der Waals surface area contributed by atoms with E-state index in [0.29, 0.717) is 13.2 Å². The van der Waals surface area contributed by atoms with Gasteiger partial charge in [-0.3, -0.25) is 0 Å². The Kier molecular flexibility index (Phi) is 6.87. The number of piperidine rings is 1. The zero-order valence-electron chi connectivity index (χ0n) is 10.8. The SMILES string of the molecule is CN1CCCC(N(C2CCOCC2)[SH](=O)=O)C1.Cl. The molecule has 0 aromatic rings. The first kappa shape index (κ1) is 16.2. The van der Waals surface area contributed by atoms with Gasteiger partial charge in [-0.15, -0.1) is 12.4 Å². The van der Waals surface area contributed by atoms with Crippen LogP contribution in [0, 0.1) is 0 Å². The van der Waals surface area contributed by atoms with Crippen molar-refractivity contribution in [2.75, 3.05) is 33.4 Å². The largest absolute Gasteiger partial charge is 0.381 e. The van der Waals surface area contributed by atoms with Crippen molar-refractivity contribution in [1.29, 1.82) is 0 Å². The van der Waals surface area contributed by atoms with E-state index in [9.17, 15) is 8.42 Å². The summed E-state index contributed by atoms with van der Waals surface area (Å²) in [6.45, 7) is 3.31. The summed E-state index contributed by atoms with van der Waals surface area (Å²) >= 11 is 0. The number of halogens is 1. The highest BCUT2D eigenvalue weighted by Crippen LogP contribution is 2.22. The fourth-order valence-corrected chi connectivity index (χ4v) is 3.82. The number of thiol groups is 1. The van der Waals surface area contributed by atoms with Crippen LogP contribution in [0.3, 0.4) is 0 Å². The highest BCUT2D eigenvalue weighted by atomic mass is 35.5. The maximum Gasteiger partial charge on any atom is 0.204 e. The lowest BCUT2D eigenvalue weighted by Gasteiger charge is -2.39. The molecule has 2 rings (SSSR count). The summed E-state index contributed by atoms with van der Waals surface area (Å²) in [6, 6.07) is 0.319. The van der Waals surface area contributed by atoms with Gasteiger partial charge in [-0.2, -0.15) is 4.31 Å². The Balaban J connectivity index is 0.00000162. The number of likely N-dealkylation sites (tertiary alicyclic amines) is 1. The molecular weight excluding hydrogens is 276 g/mol. The lowest BCUT2D eigenvalue weighted by Crippen LogP contribution is -2.51. The zero-order valence-corrected chi connectivity index (χ0v) is 12.5. The molecule has 0 amide bonds. The van der Waals surface area contributed by atoms with Crippen LogP contribution in [0.1, 0.15) is 25.7 Å². The lowest BCUT2D eigenvalue weighted by molar-refractivity contribution is 0.0405. The summed E-state index contributed by atoms with van der Waals surface area (Å²) in [4.78, 5) is 2.22. The molecule has 2 aliphatic rings. The van der Waals surface area contributed by atoms with Gasteiger partial charge in [-0.25, -0.2) is 8.42 Å². The van der Waals surface area contributed by atoms with E-state index in [1.807, 2.05) is 0 Å². The molecule has 1 unspecified atom stereocenters. The maximum absolute atomic E-state index is 11.5. The van der Waals surface area contributed by atoms with Crippen LogP contribution in [0.5, 0.6) is 0 Å². The standard InChI is InChI=1S/C11H22N2O3S.ClH/c1-12-6-2-3-11(9-12)13(17(14)15)10-4-7-16-8-5-10;/h10-11,17H,2-9H2,1H3;1H. The molecule has 1 atom stereocenters. The average molecular weight is 299 g/mol. The minimum atomic E-state index is -2.48. The van der Waals surface area contributed by atoms with Gasteiger partial charge in [-0.1, -0.05) is 0 Å². The fourth-order valence-electron chi connectivity index (χ4n) is 2.87. The van der Waals surface area contributed by atoms with Crippen LogP contribution >= 0.6 is 12.4 Å². The quantitative estimate of drug-likeness (QED) is 0.772. The third-order valence-corrected chi connectivity index (χ3v) is 4.76. The van der Waals surface area contributed by atoms with Crippen LogP contribution in [0.25, 0.3) is 0 Å². The Bertz CT molecular complexity index is 313. The van der Waals surface area contributed by atoms with Crippen LogP contribution in [0.15, 0.2) is 0 Å². The number of ether oxygens (including phenoxy) is 1. The van der Waals surface area contributed by atoms with Crippen molar-refractivity contribution in [3.8, 4) is 0 Å². The molecule has 0 aromatic carbocycles. The van der Waals surface area contributed by atoms with Crippen molar-refractivity contribution >= 4 is 23.3 Å². The molecule has 2 saturated heterocycles. The van der Waals surface area contributed by atoms with Crippen LogP contribution in [-0.2, 0) is 15.6 Å². The third-order valence-electron chi connectivity index (χ3n) is 3.73. The van der Waals surface area contributed by atoms with E-state index in [1.165, 1.54) is 0 Å². The van der Waals surface area contributed by atoms with E-state index in [1.54, 1.807) is 4.31 Å². The minimum absolute atomic E-state index is 0. The highest BCUT2D eigenvalue weighted by molar-refractivity contribution is 7.69. The van der Waals surface area contributed by atoms with Gasteiger partial charge < -0.3 is 9.64 Å². The van der Waals surface area contributed by atoms with Crippen LogP contribution in [0.4, 0.5) is 0 Å². The predicted octanol–water partition coefficient (Wildman–Crippen LogP) is 0.510. The van der Waals surface area contributed by atoms with Crippen molar-refractivity contribution in [2.45, 2.75) is 37.8 Å². The van der Waals surface area contributed by atoms with Crippen molar-refractivity contribution < 1.29 is 13.2 Å². The first-order valence-electron chi connectivity index (χ1n) is 6.37. The molecule has 0 aromatic heterocycles. The van der Waals surface area contributed by atoms with Gasteiger partial charge in [0.05, 0.1) is 0 Å². The Hall–Kier alpha value is 0.120. The second-order valence-corrected chi connectivity index (χ2v) is 5.96. The molecule has 0 spiro atoms. The topological polar surface area (TPSA) is 49.9 Å². The fraction of sp³-hybridized carbons (Fsp3) is 1.00. The van der Waals surface area contributed by atoms with E-state index < -0.39 is 10.9 Å². The summed E-state index contributed by atoms with van der Waals surface area (Å²) in [7, 11) is -0.416. The normalized spacial score (nSPS) is 27.4. The second-order valence-electron chi connectivity index (χ2n) is 5.02. The highest BCUT2D eigenvalue weighted by Gasteiger charge is 2.32. The molecule has 0 radical (unpaired) electrons. The summed E-state index contributed by atoms with van der Waals surface area (Å²) in [5, 5.41) is 0. The molecular formula is C11H23ClN2O3S. The summed E-state index contributed by atoms with van der Waals surface area (Å²) < 4.78 is 30.1. The van der Waals surface area contributed by atoms with Gasteiger partial charge in [-0.05, 0) is 39.3 Å². The van der Waals surface area contributed by atoms with Gasteiger partial charge in [0.15, 0.2) is 0 Å². The number of hydrogen-bond donors (Lipinski definition) is 1. The van der Waals surface area contributed by atoms with Gasteiger partial charge >= 0.3 is 0 Å².